The highest BCUT2D eigenvalue weighted by Crippen LogP contribution is 2.61. The van der Waals surface area contributed by atoms with Gasteiger partial charge in [0.05, 0.1) is 10.8 Å². The van der Waals surface area contributed by atoms with Crippen LogP contribution < -0.4 is 9.80 Å². The molecule has 0 radical (unpaired) electrons. The van der Waals surface area contributed by atoms with E-state index in [1.54, 1.807) is 0 Å². The number of fused-ring (bicyclic) bond motifs is 12. The van der Waals surface area contributed by atoms with Gasteiger partial charge in [-0.15, -0.1) is 11.3 Å². The molecule has 0 amide bonds. The molecular weight excluding hydrogens is 1400 g/mol. The highest BCUT2D eigenvalue weighted by molar-refractivity contribution is 7.26. The number of furan rings is 1. The molecule has 536 valence electrons. The molecular formula is C110H74N2OS. The molecule has 0 saturated carbocycles. The van der Waals surface area contributed by atoms with Crippen molar-refractivity contribution >= 4 is 87.6 Å². The molecule has 0 spiro atoms. The van der Waals surface area contributed by atoms with Crippen LogP contribution in [0.25, 0.3) is 109 Å². The summed E-state index contributed by atoms with van der Waals surface area (Å²) in [6.45, 7) is 0. The van der Waals surface area contributed by atoms with E-state index in [1.807, 2.05) is 11.3 Å². The van der Waals surface area contributed by atoms with Gasteiger partial charge in [-0.3, -0.25) is 0 Å². The lowest BCUT2D eigenvalue weighted by Crippen LogP contribution is -2.28. The summed E-state index contributed by atoms with van der Waals surface area (Å²) in [5.41, 5.74) is 32.1. The van der Waals surface area contributed by atoms with Crippen molar-refractivity contribution < 1.29 is 4.42 Å². The second-order valence-corrected chi connectivity index (χ2v) is 30.7. The molecule has 20 aromatic rings. The summed E-state index contributed by atoms with van der Waals surface area (Å²) in [7, 11) is 0. The van der Waals surface area contributed by atoms with Gasteiger partial charge in [0.15, 0.2) is 0 Å². The number of rotatable bonds is 14. The van der Waals surface area contributed by atoms with Crippen LogP contribution in [0.15, 0.2) is 453 Å². The predicted molar refractivity (Wildman–Crippen MR) is 479 cm³/mol. The molecule has 2 aromatic heterocycles. The van der Waals surface area contributed by atoms with Crippen molar-refractivity contribution in [3.63, 3.8) is 0 Å². The van der Waals surface area contributed by atoms with Crippen molar-refractivity contribution in [2.45, 2.75) is 10.8 Å². The lowest BCUT2D eigenvalue weighted by atomic mass is 9.67. The van der Waals surface area contributed by atoms with Crippen molar-refractivity contribution in [1.29, 1.82) is 0 Å². The Bertz CT molecular complexity index is 6240. The van der Waals surface area contributed by atoms with E-state index in [2.05, 4.69) is 459 Å². The van der Waals surface area contributed by atoms with E-state index in [9.17, 15) is 0 Å². The van der Waals surface area contributed by atoms with Crippen LogP contribution in [0.1, 0.15) is 44.5 Å². The smallest absolute Gasteiger partial charge is 0.140 e. The number of anilines is 6. The first-order valence-electron chi connectivity index (χ1n) is 39.2. The Balaban J connectivity index is 0.000000143. The molecule has 2 heterocycles. The average Bonchev–Trinajstić information content (AvgIpc) is 1.53. The van der Waals surface area contributed by atoms with Gasteiger partial charge in [-0.1, -0.05) is 364 Å². The first-order valence-corrected chi connectivity index (χ1v) is 40.0. The maximum atomic E-state index is 6.83. The highest BCUT2D eigenvalue weighted by Gasteiger charge is 2.49. The minimum atomic E-state index is -0.613. The van der Waals surface area contributed by atoms with Crippen LogP contribution in [-0.4, -0.2) is 0 Å². The molecule has 22 rings (SSSR count). The van der Waals surface area contributed by atoms with Crippen molar-refractivity contribution in [2.24, 2.45) is 0 Å². The third kappa shape index (κ3) is 11.3. The number of thiophene rings is 1. The van der Waals surface area contributed by atoms with Gasteiger partial charge in [0.25, 0.3) is 0 Å². The van der Waals surface area contributed by atoms with Crippen LogP contribution in [0.3, 0.4) is 0 Å². The standard InChI is InChI=1S/C55H37NO.C55H37NS/c2*1-3-14-38(15-4-1)40-26-32-43(33-27-40)56(44-34-28-41(29-35-44)39-16-5-2-6-17-39)45-36-30-42(31-37-45)55(50-22-10-7-18-46(50)47-19-8-11-23-51(47)55)52-24-13-21-49-48-20-9-12-25-53(48)57-54(49)52/h2*1-37H. The lowest BCUT2D eigenvalue weighted by Gasteiger charge is -2.35. The fourth-order valence-electron chi connectivity index (χ4n) is 18.4. The van der Waals surface area contributed by atoms with E-state index in [0.29, 0.717) is 0 Å². The molecule has 0 atom stereocenters. The van der Waals surface area contributed by atoms with Crippen LogP contribution in [0.5, 0.6) is 0 Å². The van der Waals surface area contributed by atoms with Crippen LogP contribution in [-0.2, 0) is 10.8 Å². The molecule has 2 aliphatic rings. The van der Waals surface area contributed by atoms with E-state index in [0.717, 1.165) is 61.6 Å². The zero-order valence-corrected chi connectivity index (χ0v) is 63.3. The summed E-state index contributed by atoms with van der Waals surface area (Å²) in [5, 5.41) is 4.89. The fourth-order valence-corrected chi connectivity index (χ4v) is 19.7. The van der Waals surface area contributed by atoms with Gasteiger partial charge in [0, 0.05) is 70.6 Å². The second kappa shape index (κ2) is 28.5. The number of nitrogens with zero attached hydrogens (tertiary/aromatic N) is 2. The Labute approximate surface area is 668 Å². The maximum Gasteiger partial charge on any atom is 0.140 e. The van der Waals surface area contributed by atoms with Crippen LogP contribution in [0.4, 0.5) is 34.1 Å². The maximum absolute atomic E-state index is 6.83. The Morgan fingerprint density at radius 3 is 0.851 bits per heavy atom. The minimum Gasteiger partial charge on any atom is -0.456 e. The van der Waals surface area contributed by atoms with Gasteiger partial charge < -0.3 is 14.2 Å². The molecule has 3 nitrogen and oxygen atoms in total. The van der Waals surface area contributed by atoms with Gasteiger partial charge in [0.2, 0.25) is 0 Å². The van der Waals surface area contributed by atoms with Crippen molar-refractivity contribution in [3.8, 4) is 66.8 Å². The van der Waals surface area contributed by atoms with Gasteiger partial charge in [-0.25, -0.2) is 0 Å². The van der Waals surface area contributed by atoms with Gasteiger partial charge in [-0.2, -0.15) is 0 Å². The van der Waals surface area contributed by atoms with Gasteiger partial charge in [-0.05, 0) is 191 Å². The first kappa shape index (κ1) is 67.7. The monoisotopic (exact) mass is 1470 g/mol. The number of benzene rings is 18. The number of para-hydroxylation sites is 2. The SMILES string of the molecule is c1ccc(-c2ccc(N(c3ccc(-c4ccccc4)cc3)c3ccc(C4(c5cccc6c5oc5ccccc56)c5ccccc5-c5ccccc54)cc3)cc2)cc1.c1ccc(-c2ccc(N(c3ccc(-c4ccccc4)cc3)c3ccc(C4(c5cccc6c5sc5ccccc56)c5ccccc5-c5ccccc54)cc3)cc2)cc1. The molecule has 4 heteroatoms. The molecule has 0 N–H and O–H groups in total. The molecule has 2 aliphatic carbocycles. The van der Waals surface area contributed by atoms with Crippen LogP contribution in [0, 0.1) is 0 Å². The summed E-state index contributed by atoms with van der Waals surface area (Å²) < 4.78 is 9.48. The summed E-state index contributed by atoms with van der Waals surface area (Å²) in [6.07, 6.45) is 0. The summed E-state index contributed by atoms with van der Waals surface area (Å²) in [5.74, 6) is 0. The van der Waals surface area contributed by atoms with Crippen LogP contribution in [0.2, 0.25) is 0 Å². The van der Waals surface area contributed by atoms with E-state index >= 15 is 0 Å². The zero-order chi connectivity index (χ0) is 75.5. The van der Waals surface area contributed by atoms with Crippen molar-refractivity contribution in [2.75, 3.05) is 9.80 Å². The number of hydrogen-bond acceptors (Lipinski definition) is 4. The summed E-state index contributed by atoms with van der Waals surface area (Å²) >= 11 is 1.91. The zero-order valence-electron chi connectivity index (χ0n) is 62.4. The van der Waals surface area contributed by atoms with E-state index in [1.165, 1.54) is 126 Å². The molecule has 114 heavy (non-hydrogen) atoms. The Hall–Kier alpha value is -14.4. The van der Waals surface area contributed by atoms with E-state index in [4.69, 9.17) is 4.42 Å². The van der Waals surface area contributed by atoms with E-state index in [-0.39, 0.29) is 0 Å². The first-order chi connectivity index (χ1) is 56.5. The van der Waals surface area contributed by atoms with Gasteiger partial charge in [0.1, 0.15) is 11.2 Å². The number of hydrogen-bond donors (Lipinski definition) is 0. The fraction of sp³-hybridized carbons (Fsp3) is 0.0182. The third-order valence-electron chi connectivity index (χ3n) is 23.6. The normalized spacial score (nSPS) is 12.7. The Morgan fingerprint density at radius 1 is 0.193 bits per heavy atom. The largest absolute Gasteiger partial charge is 0.456 e. The van der Waals surface area contributed by atoms with Crippen molar-refractivity contribution in [3.05, 3.63) is 493 Å². The van der Waals surface area contributed by atoms with Gasteiger partial charge >= 0.3 is 0 Å². The molecule has 0 fully saturated rings. The summed E-state index contributed by atoms with van der Waals surface area (Å²) in [4.78, 5) is 4.74. The molecule has 0 bridgehead atoms. The minimum absolute atomic E-state index is 0.508. The third-order valence-corrected chi connectivity index (χ3v) is 24.8. The lowest BCUT2D eigenvalue weighted by molar-refractivity contribution is 0.648. The molecule has 0 aliphatic heterocycles. The Kier molecular flexibility index (Phi) is 16.9. The molecule has 18 aromatic carbocycles. The Morgan fingerprint density at radius 2 is 0.465 bits per heavy atom. The quantitative estimate of drug-likeness (QED) is 0.108. The van der Waals surface area contributed by atoms with Crippen molar-refractivity contribution in [1.82, 2.24) is 0 Å². The predicted octanol–water partition coefficient (Wildman–Crippen LogP) is 30.0. The average molecular weight is 1470 g/mol. The highest BCUT2D eigenvalue weighted by atomic mass is 32.1. The topological polar surface area (TPSA) is 19.6 Å². The molecule has 0 saturated heterocycles. The van der Waals surface area contributed by atoms with E-state index < -0.39 is 10.8 Å². The second-order valence-electron chi connectivity index (χ2n) is 29.7. The molecule has 0 unspecified atom stereocenters. The van der Waals surface area contributed by atoms with Crippen LogP contribution >= 0.6 is 11.3 Å². The summed E-state index contributed by atoms with van der Waals surface area (Å²) in [6, 6.07) is 163.